The number of aryl methyl sites for hydroxylation is 1. The number of hydrogen-bond acceptors (Lipinski definition) is 4. The van der Waals surface area contributed by atoms with Crippen LogP contribution in [0.4, 0.5) is 0 Å². The molecule has 0 unspecified atom stereocenters. The quantitative estimate of drug-likeness (QED) is 0.800. The molecule has 1 aromatic heterocycles. The largest absolute Gasteiger partial charge is 0.493 e. The number of ether oxygens (including phenoxy) is 1. The van der Waals surface area contributed by atoms with Crippen molar-refractivity contribution >= 4 is 11.3 Å². The van der Waals surface area contributed by atoms with Gasteiger partial charge in [0.1, 0.15) is 5.75 Å². The average molecular weight is 300 g/mol. The van der Waals surface area contributed by atoms with Gasteiger partial charge in [0.15, 0.2) is 0 Å². The number of nitrogens with zero attached hydrogens (tertiary/aromatic N) is 2. The fraction of sp³-hybridized carbons (Fsp3) is 0.412. The van der Waals surface area contributed by atoms with E-state index in [4.69, 9.17) is 10.00 Å². The summed E-state index contributed by atoms with van der Waals surface area (Å²) >= 11 is 1.64. The van der Waals surface area contributed by atoms with Crippen molar-refractivity contribution in [2.45, 2.75) is 39.5 Å². The molecule has 110 valence electrons. The van der Waals surface area contributed by atoms with Crippen LogP contribution in [0.3, 0.4) is 0 Å². The molecule has 0 saturated heterocycles. The van der Waals surface area contributed by atoms with E-state index in [1.165, 1.54) is 5.56 Å². The lowest BCUT2D eigenvalue weighted by Crippen LogP contribution is -2.01. The minimum absolute atomic E-state index is 0.358. The topological polar surface area (TPSA) is 45.9 Å². The lowest BCUT2D eigenvalue weighted by molar-refractivity contribution is 0.321. The van der Waals surface area contributed by atoms with Crippen molar-refractivity contribution < 1.29 is 4.74 Å². The molecule has 21 heavy (non-hydrogen) atoms. The Morgan fingerprint density at radius 1 is 1.29 bits per heavy atom. The van der Waals surface area contributed by atoms with Gasteiger partial charge >= 0.3 is 0 Å². The fourth-order valence-corrected chi connectivity index (χ4v) is 3.20. The zero-order valence-electron chi connectivity index (χ0n) is 12.7. The molecule has 4 heteroatoms. The Kier molecular flexibility index (Phi) is 5.35. The van der Waals surface area contributed by atoms with Crippen LogP contribution in [0.15, 0.2) is 24.3 Å². The van der Waals surface area contributed by atoms with Gasteiger partial charge in [0.2, 0.25) is 0 Å². The summed E-state index contributed by atoms with van der Waals surface area (Å²) in [4.78, 5) is 5.76. The molecule has 0 atom stereocenters. The molecule has 1 aromatic carbocycles. The third-order valence-electron chi connectivity index (χ3n) is 3.16. The Labute approximate surface area is 130 Å². The highest BCUT2D eigenvalue weighted by Gasteiger charge is 2.13. The van der Waals surface area contributed by atoms with Crippen molar-refractivity contribution in [3.63, 3.8) is 0 Å². The first-order valence-corrected chi connectivity index (χ1v) is 7.96. The monoisotopic (exact) mass is 300 g/mol. The zero-order chi connectivity index (χ0) is 15.2. The van der Waals surface area contributed by atoms with E-state index in [1.807, 2.05) is 24.3 Å². The minimum atomic E-state index is 0.358. The molecule has 1 heterocycles. The molecule has 0 amide bonds. The van der Waals surface area contributed by atoms with Crippen molar-refractivity contribution in [2.24, 2.45) is 0 Å². The summed E-state index contributed by atoms with van der Waals surface area (Å²) < 4.78 is 5.74. The summed E-state index contributed by atoms with van der Waals surface area (Å²) in [7, 11) is 0. The van der Waals surface area contributed by atoms with Gasteiger partial charge in [0.05, 0.1) is 29.8 Å². The van der Waals surface area contributed by atoms with Crippen molar-refractivity contribution in [3.05, 3.63) is 45.4 Å². The molecule has 0 aliphatic rings. The second-order valence-corrected chi connectivity index (χ2v) is 6.49. The normalized spacial score (nSPS) is 10.6. The molecule has 0 saturated carbocycles. The van der Waals surface area contributed by atoms with E-state index in [2.05, 4.69) is 31.8 Å². The van der Waals surface area contributed by atoms with Crippen LogP contribution in [0.2, 0.25) is 0 Å². The molecule has 2 rings (SSSR count). The highest BCUT2D eigenvalue weighted by atomic mass is 32.1. The highest BCUT2D eigenvalue weighted by molar-refractivity contribution is 7.11. The fourth-order valence-electron chi connectivity index (χ4n) is 2.06. The zero-order valence-corrected chi connectivity index (χ0v) is 13.5. The molecule has 0 fully saturated rings. The molecule has 0 aliphatic carbocycles. The van der Waals surface area contributed by atoms with Gasteiger partial charge in [-0.1, -0.05) is 31.5 Å². The molecular formula is C17H20N2OS. The van der Waals surface area contributed by atoms with Gasteiger partial charge in [-0.2, -0.15) is 5.26 Å². The van der Waals surface area contributed by atoms with Crippen LogP contribution in [0.1, 0.15) is 40.9 Å². The molecule has 0 aliphatic heterocycles. The number of hydrogen-bond donors (Lipinski definition) is 0. The highest BCUT2D eigenvalue weighted by Crippen LogP contribution is 2.26. The van der Waals surface area contributed by atoms with Gasteiger partial charge in [-0.05, 0) is 25.0 Å². The molecule has 0 spiro atoms. The Balaban J connectivity index is 1.95. The van der Waals surface area contributed by atoms with Gasteiger partial charge in [-0.15, -0.1) is 11.3 Å². The smallest absolute Gasteiger partial charge is 0.119 e. The first kappa shape index (κ1) is 15.5. The molecule has 0 bridgehead atoms. The maximum Gasteiger partial charge on any atom is 0.119 e. The molecule has 0 radical (unpaired) electrons. The standard InChI is InChI=1S/C17H20N2OS/c1-12(2)17-15(8-10-18)21-16(19-17)9-11-20-14-6-4-13(3)5-7-14/h4-7,12H,8-9,11H2,1-3H3. The second-order valence-electron chi connectivity index (χ2n) is 5.32. The van der Waals surface area contributed by atoms with Crippen LogP contribution in [0, 0.1) is 18.3 Å². The van der Waals surface area contributed by atoms with Crippen LogP contribution >= 0.6 is 11.3 Å². The van der Waals surface area contributed by atoms with Crippen molar-refractivity contribution in [2.75, 3.05) is 6.61 Å². The number of nitriles is 1. The third-order valence-corrected chi connectivity index (χ3v) is 4.29. The van der Waals surface area contributed by atoms with Crippen LogP contribution in [0.5, 0.6) is 5.75 Å². The summed E-state index contributed by atoms with van der Waals surface area (Å²) in [6.45, 7) is 6.90. The lowest BCUT2D eigenvalue weighted by atomic mass is 10.1. The van der Waals surface area contributed by atoms with Gasteiger partial charge < -0.3 is 4.74 Å². The van der Waals surface area contributed by atoms with Crippen molar-refractivity contribution in [3.8, 4) is 11.8 Å². The van der Waals surface area contributed by atoms with E-state index in [0.29, 0.717) is 18.9 Å². The summed E-state index contributed by atoms with van der Waals surface area (Å²) in [5, 5.41) is 9.94. The van der Waals surface area contributed by atoms with E-state index >= 15 is 0 Å². The third kappa shape index (κ3) is 4.30. The first-order chi connectivity index (χ1) is 10.1. The van der Waals surface area contributed by atoms with Gasteiger partial charge in [-0.3, -0.25) is 0 Å². The first-order valence-electron chi connectivity index (χ1n) is 7.15. The minimum Gasteiger partial charge on any atom is -0.493 e. The van der Waals surface area contributed by atoms with E-state index in [9.17, 15) is 0 Å². The average Bonchev–Trinajstić information content (AvgIpc) is 2.85. The summed E-state index contributed by atoms with van der Waals surface area (Å²) in [5.74, 6) is 1.25. The van der Waals surface area contributed by atoms with Crippen molar-refractivity contribution in [1.29, 1.82) is 5.26 Å². The maximum absolute atomic E-state index is 8.89. The Bertz CT molecular complexity index is 623. The number of thiazole rings is 1. The predicted octanol–water partition coefficient (Wildman–Crippen LogP) is 4.26. The van der Waals surface area contributed by atoms with Crippen LogP contribution < -0.4 is 4.74 Å². The molecular weight excluding hydrogens is 280 g/mol. The van der Waals surface area contributed by atoms with E-state index in [0.717, 1.165) is 27.7 Å². The molecule has 3 nitrogen and oxygen atoms in total. The molecule has 0 N–H and O–H groups in total. The van der Waals surface area contributed by atoms with Crippen LogP contribution in [0.25, 0.3) is 0 Å². The Hall–Kier alpha value is -1.86. The Morgan fingerprint density at radius 2 is 2.00 bits per heavy atom. The van der Waals surface area contributed by atoms with E-state index in [1.54, 1.807) is 11.3 Å². The van der Waals surface area contributed by atoms with Crippen LogP contribution in [-0.4, -0.2) is 11.6 Å². The molecule has 2 aromatic rings. The lowest BCUT2D eigenvalue weighted by Gasteiger charge is -2.05. The summed E-state index contributed by atoms with van der Waals surface area (Å²) in [5.41, 5.74) is 2.29. The summed E-state index contributed by atoms with van der Waals surface area (Å²) in [6.07, 6.45) is 1.23. The second kappa shape index (κ2) is 7.24. The van der Waals surface area contributed by atoms with Gasteiger partial charge in [-0.25, -0.2) is 4.98 Å². The predicted molar refractivity (Wildman–Crippen MR) is 85.9 cm³/mol. The van der Waals surface area contributed by atoms with Crippen LogP contribution in [-0.2, 0) is 12.8 Å². The van der Waals surface area contributed by atoms with E-state index < -0.39 is 0 Å². The summed E-state index contributed by atoms with van der Waals surface area (Å²) in [6, 6.07) is 10.3. The van der Waals surface area contributed by atoms with Gasteiger partial charge in [0.25, 0.3) is 0 Å². The number of rotatable bonds is 6. The van der Waals surface area contributed by atoms with Gasteiger partial charge in [0, 0.05) is 11.3 Å². The maximum atomic E-state index is 8.89. The number of aromatic nitrogens is 1. The number of benzene rings is 1. The van der Waals surface area contributed by atoms with E-state index in [-0.39, 0.29) is 0 Å². The Morgan fingerprint density at radius 3 is 2.62 bits per heavy atom. The van der Waals surface area contributed by atoms with Crippen molar-refractivity contribution in [1.82, 2.24) is 4.98 Å². The SMILES string of the molecule is Cc1ccc(OCCc2nc(C(C)C)c(CC#N)s2)cc1.